The van der Waals surface area contributed by atoms with E-state index in [1.54, 1.807) is 12.4 Å². The van der Waals surface area contributed by atoms with Gasteiger partial charge in [-0.1, -0.05) is 42.5 Å². The standard InChI is InChI=1S/C14H8F3O/c15-14(16,17)13-4-2-1-3-12(13)11-7-5-10(9-18)6-8-11/h1-8H. The Labute approximate surface area is 102 Å². The van der Waals surface area contributed by atoms with Crippen molar-refractivity contribution in [3.63, 3.8) is 0 Å². The molecule has 0 fully saturated rings. The van der Waals surface area contributed by atoms with Crippen molar-refractivity contribution in [2.75, 3.05) is 0 Å². The van der Waals surface area contributed by atoms with Crippen LogP contribution in [-0.2, 0) is 11.0 Å². The SMILES string of the molecule is O=[C]c1ccc(-c2ccccc2C(F)(F)F)cc1. The lowest BCUT2D eigenvalue weighted by atomic mass is 9.98. The minimum absolute atomic E-state index is 0.0995. The molecule has 2 aromatic rings. The second kappa shape index (κ2) is 4.64. The normalized spacial score (nSPS) is 11.3. The monoisotopic (exact) mass is 249 g/mol. The highest BCUT2D eigenvalue weighted by Gasteiger charge is 2.33. The molecule has 0 saturated carbocycles. The van der Waals surface area contributed by atoms with Crippen LogP contribution in [-0.4, -0.2) is 6.29 Å². The lowest BCUT2D eigenvalue weighted by Gasteiger charge is -2.12. The molecular weight excluding hydrogens is 241 g/mol. The Kier molecular flexibility index (Phi) is 3.19. The highest BCUT2D eigenvalue weighted by atomic mass is 19.4. The summed E-state index contributed by atoms with van der Waals surface area (Å²) in [6.07, 6.45) is -2.72. The number of halogens is 3. The zero-order valence-electron chi connectivity index (χ0n) is 9.16. The summed E-state index contributed by atoms with van der Waals surface area (Å²) < 4.78 is 38.5. The van der Waals surface area contributed by atoms with Gasteiger partial charge >= 0.3 is 6.18 Å². The van der Waals surface area contributed by atoms with E-state index in [0.29, 0.717) is 11.1 Å². The highest BCUT2D eigenvalue weighted by Crippen LogP contribution is 2.36. The first-order valence-corrected chi connectivity index (χ1v) is 5.17. The van der Waals surface area contributed by atoms with Crippen LogP contribution in [0.3, 0.4) is 0 Å². The van der Waals surface area contributed by atoms with Gasteiger partial charge in [0.15, 0.2) is 0 Å². The third-order valence-electron chi connectivity index (χ3n) is 2.55. The molecule has 0 amide bonds. The molecule has 18 heavy (non-hydrogen) atoms. The number of alkyl halides is 3. The van der Waals surface area contributed by atoms with Crippen LogP contribution in [0.15, 0.2) is 48.5 Å². The molecule has 0 spiro atoms. The van der Waals surface area contributed by atoms with Crippen molar-refractivity contribution in [2.45, 2.75) is 6.18 Å². The lowest BCUT2D eigenvalue weighted by Crippen LogP contribution is -2.06. The van der Waals surface area contributed by atoms with Crippen LogP contribution in [0, 0.1) is 0 Å². The van der Waals surface area contributed by atoms with Crippen molar-refractivity contribution in [1.29, 1.82) is 0 Å². The average Bonchev–Trinajstić information content (AvgIpc) is 2.38. The highest BCUT2D eigenvalue weighted by molar-refractivity contribution is 5.78. The van der Waals surface area contributed by atoms with Gasteiger partial charge in [-0.3, -0.25) is 4.79 Å². The Hall–Kier alpha value is -2.10. The molecule has 0 bridgehead atoms. The number of rotatable bonds is 2. The van der Waals surface area contributed by atoms with Crippen LogP contribution >= 0.6 is 0 Å². The van der Waals surface area contributed by atoms with Gasteiger partial charge in [-0.25, -0.2) is 0 Å². The number of hydrogen-bond donors (Lipinski definition) is 0. The van der Waals surface area contributed by atoms with Gasteiger partial charge in [0.1, 0.15) is 0 Å². The molecule has 0 unspecified atom stereocenters. The largest absolute Gasteiger partial charge is 0.417 e. The molecule has 0 aliphatic heterocycles. The summed E-state index contributed by atoms with van der Waals surface area (Å²) in [6.45, 7) is 0. The quantitative estimate of drug-likeness (QED) is 0.790. The van der Waals surface area contributed by atoms with E-state index in [9.17, 15) is 18.0 Å². The van der Waals surface area contributed by atoms with E-state index in [-0.39, 0.29) is 5.56 Å². The van der Waals surface area contributed by atoms with Gasteiger partial charge in [-0.2, -0.15) is 13.2 Å². The zero-order chi connectivity index (χ0) is 13.2. The Morgan fingerprint density at radius 2 is 1.50 bits per heavy atom. The molecule has 0 atom stereocenters. The minimum Gasteiger partial charge on any atom is -0.285 e. The van der Waals surface area contributed by atoms with E-state index in [1.807, 2.05) is 0 Å². The third-order valence-corrected chi connectivity index (χ3v) is 2.55. The lowest BCUT2D eigenvalue weighted by molar-refractivity contribution is -0.137. The van der Waals surface area contributed by atoms with Crippen LogP contribution in [0.25, 0.3) is 11.1 Å². The molecule has 0 heterocycles. The molecule has 2 rings (SSSR count). The summed E-state index contributed by atoms with van der Waals surface area (Å²) in [5.41, 5.74) is 0.139. The van der Waals surface area contributed by atoms with Crippen molar-refractivity contribution in [3.8, 4) is 11.1 Å². The number of hydrogen-bond acceptors (Lipinski definition) is 1. The second-order valence-corrected chi connectivity index (χ2v) is 3.72. The van der Waals surface area contributed by atoms with Crippen molar-refractivity contribution < 1.29 is 18.0 Å². The zero-order valence-corrected chi connectivity index (χ0v) is 9.16. The maximum Gasteiger partial charge on any atom is 0.417 e. The second-order valence-electron chi connectivity index (χ2n) is 3.72. The summed E-state index contributed by atoms with van der Waals surface area (Å²) in [4.78, 5) is 10.4. The van der Waals surface area contributed by atoms with E-state index in [0.717, 1.165) is 6.07 Å². The summed E-state index contributed by atoms with van der Waals surface area (Å²) in [6, 6.07) is 11.2. The Morgan fingerprint density at radius 3 is 2.06 bits per heavy atom. The van der Waals surface area contributed by atoms with Gasteiger partial charge in [-0.15, -0.1) is 0 Å². The maximum atomic E-state index is 12.8. The molecule has 0 N–H and O–H groups in total. The van der Waals surface area contributed by atoms with Crippen LogP contribution in [0.4, 0.5) is 13.2 Å². The van der Waals surface area contributed by atoms with Crippen molar-refractivity contribution in [3.05, 3.63) is 59.7 Å². The Bertz CT molecular complexity index is 556. The molecule has 1 nitrogen and oxygen atoms in total. The first-order valence-electron chi connectivity index (χ1n) is 5.17. The first kappa shape index (κ1) is 12.4. The molecule has 4 heteroatoms. The molecule has 0 aliphatic carbocycles. The fourth-order valence-electron chi connectivity index (χ4n) is 1.70. The Morgan fingerprint density at radius 1 is 0.889 bits per heavy atom. The van der Waals surface area contributed by atoms with Gasteiger partial charge in [-0.05, 0) is 17.2 Å². The van der Waals surface area contributed by atoms with Gasteiger partial charge in [0.05, 0.1) is 5.56 Å². The van der Waals surface area contributed by atoms with Crippen LogP contribution in [0.5, 0.6) is 0 Å². The third kappa shape index (κ3) is 2.42. The fraction of sp³-hybridized carbons (Fsp3) is 0.0714. The summed E-state index contributed by atoms with van der Waals surface area (Å²) >= 11 is 0. The maximum absolute atomic E-state index is 12.8. The summed E-state index contributed by atoms with van der Waals surface area (Å²) in [5, 5.41) is 0. The van der Waals surface area contributed by atoms with E-state index < -0.39 is 11.7 Å². The molecular formula is C14H8F3O. The van der Waals surface area contributed by atoms with Crippen molar-refractivity contribution in [2.24, 2.45) is 0 Å². The van der Waals surface area contributed by atoms with Gasteiger partial charge in [0.25, 0.3) is 0 Å². The molecule has 0 saturated heterocycles. The molecule has 2 aromatic carbocycles. The minimum atomic E-state index is -4.40. The summed E-state index contributed by atoms with van der Waals surface area (Å²) in [5.74, 6) is 0. The average molecular weight is 249 g/mol. The predicted molar refractivity (Wildman–Crippen MR) is 61.7 cm³/mol. The number of benzene rings is 2. The number of carbonyl (C=O) groups excluding carboxylic acids is 1. The molecule has 1 radical (unpaired) electrons. The van der Waals surface area contributed by atoms with Crippen LogP contribution in [0.1, 0.15) is 11.1 Å². The van der Waals surface area contributed by atoms with Gasteiger partial charge in [0, 0.05) is 5.56 Å². The Balaban J connectivity index is 2.53. The van der Waals surface area contributed by atoms with E-state index in [2.05, 4.69) is 0 Å². The van der Waals surface area contributed by atoms with Crippen molar-refractivity contribution in [1.82, 2.24) is 0 Å². The molecule has 0 aliphatic rings. The fourth-order valence-corrected chi connectivity index (χ4v) is 1.70. The van der Waals surface area contributed by atoms with Gasteiger partial charge < -0.3 is 0 Å². The predicted octanol–water partition coefficient (Wildman–Crippen LogP) is 3.83. The molecule has 91 valence electrons. The van der Waals surface area contributed by atoms with Crippen LogP contribution < -0.4 is 0 Å². The van der Waals surface area contributed by atoms with E-state index in [1.165, 1.54) is 36.4 Å². The van der Waals surface area contributed by atoms with E-state index in [4.69, 9.17) is 0 Å². The van der Waals surface area contributed by atoms with Crippen LogP contribution in [0.2, 0.25) is 0 Å². The van der Waals surface area contributed by atoms with E-state index >= 15 is 0 Å². The molecule has 0 aromatic heterocycles. The smallest absolute Gasteiger partial charge is 0.285 e. The first-order chi connectivity index (χ1) is 8.52. The topological polar surface area (TPSA) is 17.1 Å². The van der Waals surface area contributed by atoms with Gasteiger partial charge in [0.2, 0.25) is 6.29 Å². The summed E-state index contributed by atoms with van der Waals surface area (Å²) in [7, 11) is 0. The van der Waals surface area contributed by atoms with Crippen molar-refractivity contribution >= 4 is 6.29 Å².